The van der Waals surface area contributed by atoms with Crippen LogP contribution in [0.2, 0.25) is 0 Å². The Balaban J connectivity index is 1.99. The lowest BCUT2D eigenvalue weighted by Crippen LogP contribution is -2.55. The minimum Gasteiger partial charge on any atom is -0.337 e. The van der Waals surface area contributed by atoms with Gasteiger partial charge in [-0.1, -0.05) is 44.2 Å². The predicted octanol–water partition coefficient (Wildman–Crippen LogP) is 2.48. The van der Waals surface area contributed by atoms with Crippen molar-refractivity contribution in [2.45, 2.75) is 52.2 Å². The summed E-state index contributed by atoms with van der Waals surface area (Å²) >= 11 is 0. The number of carbonyl (C=O) groups is 1. The summed E-state index contributed by atoms with van der Waals surface area (Å²) in [6, 6.07) is 10.4. The van der Waals surface area contributed by atoms with Crippen LogP contribution in [-0.4, -0.2) is 47.4 Å². The van der Waals surface area contributed by atoms with E-state index in [4.69, 9.17) is 5.73 Å². The van der Waals surface area contributed by atoms with Gasteiger partial charge in [-0.3, -0.25) is 9.69 Å². The van der Waals surface area contributed by atoms with E-state index in [1.54, 1.807) is 0 Å². The van der Waals surface area contributed by atoms with Crippen molar-refractivity contribution in [2.24, 2.45) is 11.7 Å². The van der Waals surface area contributed by atoms with Crippen LogP contribution in [0.25, 0.3) is 0 Å². The van der Waals surface area contributed by atoms with E-state index in [-0.39, 0.29) is 23.9 Å². The first kappa shape index (κ1) is 18.0. The second-order valence-electron chi connectivity index (χ2n) is 6.91. The molecule has 0 aromatic heterocycles. The molecule has 1 heterocycles. The molecule has 4 nitrogen and oxygen atoms in total. The molecule has 1 amide bonds. The predicted molar refractivity (Wildman–Crippen MR) is 94.9 cm³/mol. The summed E-state index contributed by atoms with van der Waals surface area (Å²) in [6.45, 7) is 9.83. The highest BCUT2D eigenvalue weighted by atomic mass is 16.2. The molecule has 23 heavy (non-hydrogen) atoms. The van der Waals surface area contributed by atoms with Gasteiger partial charge in [0.1, 0.15) is 0 Å². The Morgan fingerprint density at radius 1 is 1.35 bits per heavy atom. The van der Waals surface area contributed by atoms with Crippen LogP contribution in [0.5, 0.6) is 0 Å². The van der Waals surface area contributed by atoms with Crippen molar-refractivity contribution >= 4 is 5.91 Å². The molecule has 1 saturated heterocycles. The Morgan fingerprint density at radius 3 is 2.65 bits per heavy atom. The van der Waals surface area contributed by atoms with E-state index in [1.165, 1.54) is 5.56 Å². The Bertz CT molecular complexity index is 489. The Labute approximate surface area is 140 Å². The summed E-state index contributed by atoms with van der Waals surface area (Å²) < 4.78 is 0. The average Bonchev–Trinajstić information content (AvgIpc) is 2.56. The topological polar surface area (TPSA) is 49.6 Å². The molecule has 0 spiro atoms. The third kappa shape index (κ3) is 4.79. The number of piperidine rings is 1. The van der Waals surface area contributed by atoms with Gasteiger partial charge < -0.3 is 10.6 Å². The first-order valence-corrected chi connectivity index (χ1v) is 8.85. The largest absolute Gasteiger partial charge is 0.337 e. The summed E-state index contributed by atoms with van der Waals surface area (Å²) in [5, 5.41) is 0. The number of carbonyl (C=O) groups excluding carboxylic acids is 1. The molecular weight excluding hydrogens is 286 g/mol. The second-order valence-corrected chi connectivity index (χ2v) is 6.91. The van der Waals surface area contributed by atoms with Crippen LogP contribution in [0.4, 0.5) is 0 Å². The van der Waals surface area contributed by atoms with Crippen molar-refractivity contribution in [1.29, 1.82) is 0 Å². The lowest BCUT2D eigenvalue weighted by atomic mass is 9.99. The van der Waals surface area contributed by atoms with Crippen LogP contribution in [0.3, 0.4) is 0 Å². The number of nitrogens with zero attached hydrogens (tertiary/aromatic N) is 2. The highest BCUT2D eigenvalue weighted by molar-refractivity contribution is 5.82. The maximum absolute atomic E-state index is 12.7. The van der Waals surface area contributed by atoms with Crippen molar-refractivity contribution < 1.29 is 4.79 Å². The van der Waals surface area contributed by atoms with Gasteiger partial charge in [-0.25, -0.2) is 0 Å². The van der Waals surface area contributed by atoms with Crippen LogP contribution in [0, 0.1) is 5.92 Å². The van der Waals surface area contributed by atoms with E-state index in [9.17, 15) is 4.79 Å². The normalized spacial score (nSPS) is 20.5. The molecule has 0 bridgehead atoms. The summed E-state index contributed by atoms with van der Waals surface area (Å²) in [4.78, 5) is 17.1. The molecule has 1 unspecified atom stereocenters. The summed E-state index contributed by atoms with van der Waals surface area (Å²) in [7, 11) is 0. The smallest absolute Gasteiger partial charge is 0.240 e. The molecular formula is C19H31N3O. The number of likely N-dealkylation sites (tertiary alicyclic amines) is 1. The molecule has 1 aliphatic rings. The molecule has 2 N–H and O–H groups in total. The molecule has 2 rings (SSSR count). The van der Waals surface area contributed by atoms with Gasteiger partial charge >= 0.3 is 0 Å². The van der Waals surface area contributed by atoms with Crippen LogP contribution >= 0.6 is 0 Å². The van der Waals surface area contributed by atoms with Crippen molar-refractivity contribution in [3.05, 3.63) is 35.9 Å². The van der Waals surface area contributed by atoms with Crippen molar-refractivity contribution in [3.63, 3.8) is 0 Å². The second kappa shape index (κ2) is 8.46. The van der Waals surface area contributed by atoms with Gasteiger partial charge in [-0.15, -0.1) is 0 Å². The number of amides is 1. The first-order valence-electron chi connectivity index (χ1n) is 8.85. The van der Waals surface area contributed by atoms with Crippen LogP contribution in [-0.2, 0) is 11.3 Å². The minimum atomic E-state index is -0.389. The van der Waals surface area contributed by atoms with E-state index in [2.05, 4.69) is 36.1 Å². The Hall–Kier alpha value is -1.39. The molecule has 4 heteroatoms. The lowest BCUT2D eigenvalue weighted by molar-refractivity contribution is -0.136. The fourth-order valence-corrected chi connectivity index (χ4v) is 3.34. The standard InChI is InChI=1S/C19H31N3O/c1-4-22(19(23)18(20)15(2)3)17-11-8-12-21(14-17)13-16-9-6-5-7-10-16/h5-7,9-10,15,17-18H,4,8,11-14,20H2,1-3H3/t17?,18-/m0/s1. The van der Waals surface area contributed by atoms with Gasteiger partial charge in [0, 0.05) is 25.7 Å². The Morgan fingerprint density at radius 2 is 2.04 bits per heavy atom. The summed E-state index contributed by atoms with van der Waals surface area (Å²) in [5.41, 5.74) is 7.43. The van der Waals surface area contributed by atoms with Crippen LogP contribution in [0.15, 0.2) is 30.3 Å². The van der Waals surface area contributed by atoms with Crippen LogP contribution < -0.4 is 5.73 Å². The highest BCUT2D eigenvalue weighted by Gasteiger charge is 2.31. The summed E-state index contributed by atoms with van der Waals surface area (Å²) in [6.07, 6.45) is 2.22. The number of nitrogens with two attached hydrogens (primary N) is 1. The number of benzene rings is 1. The molecule has 0 saturated carbocycles. The zero-order chi connectivity index (χ0) is 16.8. The number of hydrogen-bond donors (Lipinski definition) is 1. The fraction of sp³-hybridized carbons (Fsp3) is 0.632. The maximum atomic E-state index is 12.7. The van der Waals surface area contributed by atoms with E-state index in [0.717, 1.165) is 39.0 Å². The van der Waals surface area contributed by atoms with E-state index >= 15 is 0 Å². The molecule has 128 valence electrons. The van der Waals surface area contributed by atoms with E-state index in [1.807, 2.05) is 24.8 Å². The lowest BCUT2D eigenvalue weighted by Gasteiger charge is -2.40. The average molecular weight is 317 g/mol. The third-order valence-electron chi connectivity index (χ3n) is 4.80. The Kier molecular flexibility index (Phi) is 6.60. The maximum Gasteiger partial charge on any atom is 0.240 e. The molecule has 1 aromatic carbocycles. The zero-order valence-electron chi connectivity index (χ0n) is 14.7. The quantitative estimate of drug-likeness (QED) is 0.877. The molecule has 1 aliphatic heterocycles. The molecule has 1 fully saturated rings. The van der Waals surface area contributed by atoms with Gasteiger partial charge in [0.15, 0.2) is 0 Å². The minimum absolute atomic E-state index is 0.106. The number of rotatable bonds is 6. The van der Waals surface area contributed by atoms with Crippen molar-refractivity contribution in [1.82, 2.24) is 9.80 Å². The monoisotopic (exact) mass is 317 g/mol. The number of likely N-dealkylation sites (N-methyl/N-ethyl adjacent to an activating group) is 1. The summed E-state index contributed by atoms with van der Waals surface area (Å²) in [5.74, 6) is 0.287. The first-order chi connectivity index (χ1) is 11.0. The third-order valence-corrected chi connectivity index (χ3v) is 4.80. The molecule has 0 aliphatic carbocycles. The molecule has 1 aromatic rings. The van der Waals surface area contributed by atoms with Gasteiger partial charge in [0.05, 0.1) is 6.04 Å². The zero-order valence-corrected chi connectivity index (χ0v) is 14.7. The van der Waals surface area contributed by atoms with Gasteiger partial charge in [-0.2, -0.15) is 0 Å². The van der Waals surface area contributed by atoms with E-state index < -0.39 is 0 Å². The van der Waals surface area contributed by atoms with Crippen LogP contribution in [0.1, 0.15) is 39.2 Å². The highest BCUT2D eigenvalue weighted by Crippen LogP contribution is 2.19. The van der Waals surface area contributed by atoms with Crippen molar-refractivity contribution in [2.75, 3.05) is 19.6 Å². The number of hydrogen-bond acceptors (Lipinski definition) is 3. The fourth-order valence-electron chi connectivity index (χ4n) is 3.34. The van der Waals surface area contributed by atoms with E-state index in [0.29, 0.717) is 0 Å². The molecule has 2 atom stereocenters. The molecule has 0 radical (unpaired) electrons. The van der Waals surface area contributed by atoms with Gasteiger partial charge in [0.2, 0.25) is 5.91 Å². The van der Waals surface area contributed by atoms with Crippen molar-refractivity contribution in [3.8, 4) is 0 Å². The SMILES string of the molecule is CCN(C(=O)[C@@H](N)C(C)C)C1CCCN(Cc2ccccc2)C1. The van der Waals surface area contributed by atoms with Gasteiger partial charge in [-0.05, 0) is 37.8 Å². The van der Waals surface area contributed by atoms with Gasteiger partial charge in [0.25, 0.3) is 0 Å².